The van der Waals surface area contributed by atoms with Gasteiger partial charge in [-0.3, -0.25) is 14.4 Å². The molecule has 1 aliphatic heterocycles. The molecule has 0 saturated carbocycles. The van der Waals surface area contributed by atoms with Gasteiger partial charge in [0.05, 0.1) is 24.0 Å². The number of aromatic nitrogens is 4. The highest BCUT2D eigenvalue weighted by Crippen LogP contribution is 2.39. The first-order chi connectivity index (χ1) is 16.9. The Hall–Kier alpha value is -4.36. The zero-order valence-electron chi connectivity index (χ0n) is 19.3. The first-order valence-corrected chi connectivity index (χ1v) is 11.7. The summed E-state index contributed by atoms with van der Waals surface area (Å²) in [6.45, 7) is 6.00. The van der Waals surface area contributed by atoms with Crippen molar-refractivity contribution < 1.29 is 9.90 Å². The lowest BCUT2D eigenvalue weighted by Gasteiger charge is -2.12. The fourth-order valence-electron chi connectivity index (χ4n) is 4.10. The number of hydrogen-bond acceptors (Lipinski definition) is 8. The Bertz CT molecular complexity index is 1510. The van der Waals surface area contributed by atoms with Crippen LogP contribution in [0.1, 0.15) is 51.4 Å². The molecule has 0 amide bonds. The second kappa shape index (κ2) is 8.77. The summed E-state index contributed by atoms with van der Waals surface area (Å²) >= 11 is 1.63. The molecule has 1 atom stereocenters. The van der Waals surface area contributed by atoms with Gasteiger partial charge in [0.25, 0.3) is 0 Å². The first-order valence-electron chi connectivity index (χ1n) is 10.9. The molecule has 9 nitrogen and oxygen atoms in total. The minimum absolute atomic E-state index is 0.181. The summed E-state index contributed by atoms with van der Waals surface area (Å²) in [5, 5.41) is 31.2. The van der Waals surface area contributed by atoms with E-state index in [2.05, 4.69) is 34.3 Å². The lowest BCUT2D eigenvalue weighted by Crippen LogP contribution is -2.10. The van der Waals surface area contributed by atoms with Crippen molar-refractivity contribution in [2.75, 3.05) is 5.32 Å². The molecule has 10 heteroatoms. The number of carboxylic acid groups (broad SMARTS) is 1. The van der Waals surface area contributed by atoms with Crippen molar-refractivity contribution in [3.8, 4) is 11.1 Å². The van der Waals surface area contributed by atoms with Crippen LogP contribution in [0.15, 0.2) is 47.6 Å². The number of aliphatic carboxylic acids is 1. The number of rotatable bonds is 5. The number of hydrogen-bond donors (Lipinski definition) is 2. The topological polar surface area (TPSA) is 129 Å². The third-order valence-corrected chi connectivity index (χ3v) is 7.12. The number of benzene rings is 1. The van der Waals surface area contributed by atoms with E-state index in [4.69, 9.17) is 10.3 Å². The van der Waals surface area contributed by atoms with Gasteiger partial charge >= 0.3 is 5.97 Å². The number of aryl methyl sites for hydroxylation is 2. The smallest absolute Gasteiger partial charge is 0.306 e. The van der Waals surface area contributed by atoms with Crippen LogP contribution in [0.5, 0.6) is 0 Å². The average Bonchev–Trinajstić information content (AvgIpc) is 3.32. The third kappa shape index (κ3) is 4.06. The fourth-order valence-corrected chi connectivity index (χ4v) is 5.32. The van der Waals surface area contributed by atoms with Crippen molar-refractivity contribution in [3.63, 3.8) is 0 Å². The molecule has 0 bridgehead atoms. The molecule has 4 aromatic rings. The first kappa shape index (κ1) is 22.4. The maximum atomic E-state index is 11.7. The summed E-state index contributed by atoms with van der Waals surface area (Å²) in [6.07, 6.45) is 1.43. The molecule has 3 aromatic heterocycles. The molecule has 1 aliphatic rings. The lowest BCUT2D eigenvalue weighted by atomic mass is 9.99. The van der Waals surface area contributed by atoms with E-state index in [9.17, 15) is 9.90 Å². The number of carboxylic acids is 1. The molecule has 174 valence electrons. The van der Waals surface area contributed by atoms with Crippen LogP contribution in [0.3, 0.4) is 0 Å². The summed E-state index contributed by atoms with van der Waals surface area (Å²) in [7, 11) is 0. The van der Waals surface area contributed by atoms with Gasteiger partial charge in [-0.05, 0) is 50.6 Å². The van der Waals surface area contributed by atoms with Crippen LogP contribution in [0.2, 0.25) is 0 Å². The van der Waals surface area contributed by atoms with Crippen molar-refractivity contribution in [3.05, 3.63) is 81.5 Å². The molecule has 0 fully saturated rings. The molecule has 2 N–H and O–H groups in total. The minimum Gasteiger partial charge on any atom is -0.481 e. The molecule has 35 heavy (non-hydrogen) atoms. The zero-order chi connectivity index (χ0) is 24.7. The van der Waals surface area contributed by atoms with E-state index in [1.807, 2.05) is 41.8 Å². The monoisotopic (exact) mass is 483 g/mol. The van der Waals surface area contributed by atoms with Gasteiger partial charge in [-0.1, -0.05) is 12.1 Å². The molecular weight excluding hydrogens is 462 g/mol. The number of anilines is 2. The van der Waals surface area contributed by atoms with Gasteiger partial charge in [0.2, 0.25) is 0 Å². The highest BCUT2D eigenvalue weighted by molar-refractivity contribution is 7.15. The molecule has 0 unspecified atom stereocenters. The lowest BCUT2D eigenvalue weighted by molar-refractivity contribution is -0.137. The van der Waals surface area contributed by atoms with Crippen LogP contribution in [0.25, 0.3) is 5.00 Å². The molecular formula is C25H21N7O2S. The summed E-state index contributed by atoms with van der Waals surface area (Å²) in [5.41, 5.74) is 5.67. The second-order valence-corrected chi connectivity index (χ2v) is 9.45. The van der Waals surface area contributed by atoms with Crippen molar-refractivity contribution in [2.45, 2.75) is 33.2 Å². The molecule has 5 rings (SSSR count). The minimum atomic E-state index is -0.945. The average molecular weight is 484 g/mol. The molecule has 0 spiro atoms. The highest BCUT2D eigenvalue weighted by atomic mass is 32.1. The van der Waals surface area contributed by atoms with Crippen LogP contribution < -0.4 is 5.32 Å². The van der Waals surface area contributed by atoms with Gasteiger partial charge < -0.3 is 10.4 Å². The fraction of sp³-hybridized carbons (Fsp3) is 0.200. The number of thiophene rings is 1. The van der Waals surface area contributed by atoms with Gasteiger partial charge in [0, 0.05) is 21.7 Å². The number of nitrogens with one attached hydrogen (secondary N) is 1. The number of aliphatic imine (C=N–C) groups is 1. The summed E-state index contributed by atoms with van der Waals surface area (Å²) in [5.74, 6) is 0.290. The van der Waals surface area contributed by atoms with Crippen LogP contribution in [-0.4, -0.2) is 36.5 Å². The van der Waals surface area contributed by atoms with Crippen molar-refractivity contribution in [1.29, 1.82) is 5.26 Å². The quantitative estimate of drug-likeness (QED) is 0.423. The van der Waals surface area contributed by atoms with Crippen molar-refractivity contribution in [2.24, 2.45) is 4.99 Å². The van der Waals surface area contributed by atoms with E-state index >= 15 is 0 Å². The van der Waals surface area contributed by atoms with E-state index in [0.717, 1.165) is 43.7 Å². The molecule has 0 aliphatic carbocycles. The van der Waals surface area contributed by atoms with Crippen LogP contribution in [0, 0.1) is 32.1 Å². The maximum Gasteiger partial charge on any atom is 0.306 e. The van der Waals surface area contributed by atoms with Gasteiger partial charge in [-0.25, -0.2) is 4.98 Å². The standard InChI is InChI=1S/C25H21N7O2S/c1-13-14(2)35-25-22(13)23(29-20(10-21(33)34)24-31-30-15(3)32(24)25)16-4-6-17(7-5-16)28-19-9-8-18(11-26)27-12-19/h4-9,12,20,28H,10H2,1-3H3,(H,33,34)/t20-/m0/s1. The van der Waals surface area contributed by atoms with Crippen molar-refractivity contribution >= 4 is 34.4 Å². The Kier molecular flexibility index (Phi) is 5.62. The summed E-state index contributed by atoms with van der Waals surface area (Å²) in [6, 6.07) is 12.6. The van der Waals surface area contributed by atoms with E-state index in [-0.39, 0.29) is 6.42 Å². The number of nitrogens with zero attached hydrogens (tertiary/aromatic N) is 6. The third-order valence-electron chi connectivity index (χ3n) is 5.93. The van der Waals surface area contributed by atoms with E-state index in [0.29, 0.717) is 17.3 Å². The van der Waals surface area contributed by atoms with E-state index in [1.165, 1.54) is 0 Å². The highest BCUT2D eigenvalue weighted by Gasteiger charge is 2.32. The van der Waals surface area contributed by atoms with Gasteiger partial charge in [0.15, 0.2) is 5.82 Å². The normalized spacial score (nSPS) is 14.3. The van der Waals surface area contributed by atoms with Crippen LogP contribution in [-0.2, 0) is 4.79 Å². The Balaban J connectivity index is 1.58. The molecule has 0 radical (unpaired) electrons. The Morgan fingerprint density at radius 2 is 1.89 bits per heavy atom. The number of carbonyl (C=O) groups is 1. The van der Waals surface area contributed by atoms with Crippen LogP contribution >= 0.6 is 11.3 Å². The van der Waals surface area contributed by atoms with E-state index < -0.39 is 12.0 Å². The maximum absolute atomic E-state index is 11.7. The Morgan fingerprint density at radius 3 is 2.54 bits per heavy atom. The van der Waals surface area contributed by atoms with Gasteiger partial charge in [0.1, 0.15) is 28.6 Å². The largest absolute Gasteiger partial charge is 0.481 e. The SMILES string of the molecule is Cc1sc2c(c1C)C(c1ccc(Nc3ccc(C#N)nc3)cc1)=N[C@@H](CC(=O)O)c1nnc(C)n1-2. The van der Waals surface area contributed by atoms with Gasteiger partial charge in [-0.15, -0.1) is 21.5 Å². The number of nitriles is 1. The summed E-state index contributed by atoms with van der Waals surface area (Å²) in [4.78, 5) is 21.9. The molecule has 0 saturated heterocycles. The van der Waals surface area contributed by atoms with Gasteiger partial charge in [-0.2, -0.15) is 5.26 Å². The van der Waals surface area contributed by atoms with Crippen molar-refractivity contribution in [1.82, 2.24) is 19.7 Å². The molecule has 4 heterocycles. The predicted octanol–water partition coefficient (Wildman–Crippen LogP) is 4.63. The molecule has 1 aromatic carbocycles. The zero-order valence-corrected chi connectivity index (χ0v) is 20.1. The van der Waals surface area contributed by atoms with E-state index in [1.54, 1.807) is 29.7 Å². The second-order valence-electron chi connectivity index (χ2n) is 8.24. The van der Waals surface area contributed by atoms with Crippen LogP contribution in [0.4, 0.5) is 11.4 Å². The Labute approximate surface area is 205 Å². The predicted molar refractivity (Wildman–Crippen MR) is 133 cm³/mol. The number of pyridine rings is 1. The number of fused-ring (bicyclic) bond motifs is 3. The summed E-state index contributed by atoms with van der Waals surface area (Å²) < 4.78 is 1.94. The Morgan fingerprint density at radius 1 is 1.14 bits per heavy atom.